The molecule has 1 saturated heterocycles. The SMILES string of the molecule is [N-]=[N+]=Nc1ccc(CO[C@@H]2[C@@H](OC(=O)c3ccccc3)[C@H](Sc3ccccc3)O[C@H](CO)[C@H]2OCc2ccccc2)cc1Cl. The van der Waals surface area contributed by atoms with Crippen molar-refractivity contribution in [3.63, 3.8) is 0 Å². The molecule has 11 heteroatoms. The molecule has 1 heterocycles. The third-order valence-electron chi connectivity index (χ3n) is 6.91. The van der Waals surface area contributed by atoms with E-state index in [1.54, 1.807) is 42.5 Å². The maximum Gasteiger partial charge on any atom is 0.338 e. The number of carbonyl (C=O) groups is 1. The van der Waals surface area contributed by atoms with E-state index in [1.165, 1.54) is 11.8 Å². The highest BCUT2D eigenvalue weighted by molar-refractivity contribution is 7.99. The summed E-state index contributed by atoms with van der Waals surface area (Å²) in [5.74, 6) is -0.544. The molecule has 0 spiro atoms. The number of hydrogen-bond acceptors (Lipinski definition) is 8. The lowest BCUT2D eigenvalue weighted by atomic mass is 9.99. The highest BCUT2D eigenvalue weighted by Gasteiger charge is 2.50. The van der Waals surface area contributed by atoms with Crippen LogP contribution in [0.2, 0.25) is 5.02 Å². The molecule has 4 aromatic rings. The van der Waals surface area contributed by atoms with E-state index in [0.717, 1.165) is 10.5 Å². The van der Waals surface area contributed by atoms with Crippen molar-refractivity contribution in [3.05, 3.63) is 141 Å². The third kappa shape index (κ3) is 8.19. The van der Waals surface area contributed by atoms with Gasteiger partial charge in [-0.05, 0) is 47.0 Å². The first-order chi connectivity index (χ1) is 21.6. The second-order valence-electron chi connectivity index (χ2n) is 9.90. The summed E-state index contributed by atoms with van der Waals surface area (Å²) in [6, 6.07) is 32.9. The molecule has 9 nitrogen and oxygen atoms in total. The molecule has 1 aliphatic rings. The van der Waals surface area contributed by atoms with Crippen molar-refractivity contribution < 1.29 is 28.8 Å². The summed E-state index contributed by atoms with van der Waals surface area (Å²) in [5, 5.41) is 14.3. The van der Waals surface area contributed by atoms with Crippen molar-refractivity contribution in [1.82, 2.24) is 0 Å². The number of hydrogen-bond donors (Lipinski definition) is 1. The van der Waals surface area contributed by atoms with E-state index in [9.17, 15) is 9.90 Å². The molecule has 1 N–H and O–H groups in total. The number of halogens is 1. The van der Waals surface area contributed by atoms with Crippen molar-refractivity contribution in [2.24, 2.45) is 5.11 Å². The van der Waals surface area contributed by atoms with Crippen LogP contribution in [0.3, 0.4) is 0 Å². The number of esters is 1. The zero-order chi connectivity index (χ0) is 30.7. The first-order valence-corrected chi connectivity index (χ1v) is 15.2. The van der Waals surface area contributed by atoms with Gasteiger partial charge >= 0.3 is 5.97 Å². The molecular formula is C33H30ClN3O6S. The van der Waals surface area contributed by atoms with Gasteiger partial charge in [-0.25, -0.2) is 4.79 Å². The average molecular weight is 632 g/mol. The smallest absolute Gasteiger partial charge is 0.338 e. The Morgan fingerprint density at radius 3 is 2.16 bits per heavy atom. The van der Waals surface area contributed by atoms with Crippen molar-refractivity contribution in [2.75, 3.05) is 6.61 Å². The Morgan fingerprint density at radius 2 is 1.50 bits per heavy atom. The van der Waals surface area contributed by atoms with Crippen LogP contribution in [0.1, 0.15) is 21.5 Å². The van der Waals surface area contributed by atoms with Crippen molar-refractivity contribution in [2.45, 2.75) is 48.0 Å². The molecule has 0 aromatic heterocycles. The third-order valence-corrected chi connectivity index (χ3v) is 8.37. The number of thioether (sulfide) groups is 1. The topological polar surface area (TPSA) is 123 Å². The molecule has 0 saturated carbocycles. The Labute approximate surface area is 264 Å². The normalized spacial score (nSPS) is 21.3. The molecule has 0 unspecified atom stereocenters. The Bertz CT molecular complexity index is 1560. The van der Waals surface area contributed by atoms with Gasteiger partial charge in [0.25, 0.3) is 0 Å². The van der Waals surface area contributed by atoms with E-state index in [0.29, 0.717) is 16.8 Å². The summed E-state index contributed by atoms with van der Waals surface area (Å²) in [6.07, 6.45) is -3.38. The fourth-order valence-electron chi connectivity index (χ4n) is 4.76. The first-order valence-electron chi connectivity index (χ1n) is 13.9. The van der Waals surface area contributed by atoms with Crippen LogP contribution in [-0.4, -0.2) is 47.5 Å². The van der Waals surface area contributed by atoms with E-state index in [-0.39, 0.29) is 24.8 Å². The Balaban J connectivity index is 1.49. The molecule has 0 amide bonds. The summed E-state index contributed by atoms with van der Waals surface area (Å²) in [7, 11) is 0. The molecule has 0 aliphatic carbocycles. The summed E-state index contributed by atoms with van der Waals surface area (Å²) >= 11 is 7.70. The molecule has 5 atom stereocenters. The van der Waals surface area contributed by atoms with Crippen LogP contribution < -0.4 is 0 Å². The zero-order valence-electron chi connectivity index (χ0n) is 23.5. The molecule has 0 radical (unpaired) electrons. The number of rotatable bonds is 12. The summed E-state index contributed by atoms with van der Waals surface area (Å²) in [5.41, 5.74) is 10.3. The number of aliphatic hydroxyl groups is 1. The van der Waals surface area contributed by atoms with Gasteiger partial charge < -0.3 is 24.1 Å². The fourth-order valence-corrected chi connectivity index (χ4v) is 6.13. The quantitative estimate of drug-likeness (QED) is 0.0744. The number of nitrogens with zero attached hydrogens (tertiary/aromatic N) is 3. The Hall–Kier alpha value is -3.86. The maximum absolute atomic E-state index is 13.4. The van der Waals surface area contributed by atoms with Gasteiger partial charge in [-0.15, -0.1) is 0 Å². The fraction of sp³-hybridized carbons (Fsp3) is 0.242. The lowest BCUT2D eigenvalue weighted by Crippen LogP contribution is -2.60. The van der Waals surface area contributed by atoms with Gasteiger partial charge in [-0.1, -0.05) is 107 Å². The monoisotopic (exact) mass is 631 g/mol. The second kappa shape index (κ2) is 15.7. The lowest BCUT2D eigenvalue weighted by Gasteiger charge is -2.45. The van der Waals surface area contributed by atoms with Gasteiger partial charge in [0.15, 0.2) is 6.10 Å². The van der Waals surface area contributed by atoms with Crippen LogP contribution in [-0.2, 0) is 32.2 Å². The van der Waals surface area contributed by atoms with E-state index in [1.807, 2.05) is 66.7 Å². The summed E-state index contributed by atoms with van der Waals surface area (Å²) in [6.45, 7) is -0.0721. The number of aliphatic hydroxyl groups excluding tert-OH is 1. The van der Waals surface area contributed by atoms with E-state index >= 15 is 0 Å². The highest BCUT2D eigenvalue weighted by Crippen LogP contribution is 2.38. The minimum Gasteiger partial charge on any atom is -0.452 e. The number of benzene rings is 4. The van der Waals surface area contributed by atoms with E-state index < -0.39 is 35.8 Å². The predicted molar refractivity (Wildman–Crippen MR) is 168 cm³/mol. The number of carbonyl (C=O) groups excluding carboxylic acids is 1. The van der Waals surface area contributed by atoms with Gasteiger partial charge in [0.1, 0.15) is 23.7 Å². The average Bonchev–Trinajstić information content (AvgIpc) is 3.06. The summed E-state index contributed by atoms with van der Waals surface area (Å²) in [4.78, 5) is 17.1. The van der Waals surface area contributed by atoms with E-state index in [2.05, 4.69) is 10.0 Å². The Kier molecular flexibility index (Phi) is 11.3. The van der Waals surface area contributed by atoms with Gasteiger partial charge in [0.05, 0.1) is 36.1 Å². The second-order valence-corrected chi connectivity index (χ2v) is 11.5. The highest BCUT2D eigenvalue weighted by atomic mass is 35.5. The standard InChI is InChI=1S/C33H30ClN3O6S/c34-26-18-23(16-17-27(26)36-37-35)21-41-30-29(40-20-22-10-4-1-5-11-22)28(19-38)42-33(44-25-14-8-3-9-15-25)31(30)43-32(39)24-12-6-2-7-13-24/h1-18,28-31,33,38H,19-21H2/t28-,29-,30+,31-,33+/m1/s1. The minimum absolute atomic E-state index is 0.0619. The predicted octanol–water partition coefficient (Wildman–Crippen LogP) is 7.49. The molecule has 1 aliphatic heterocycles. The zero-order valence-corrected chi connectivity index (χ0v) is 25.1. The molecule has 44 heavy (non-hydrogen) atoms. The first kappa shape index (κ1) is 31.6. The number of azide groups is 1. The number of ether oxygens (including phenoxy) is 4. The van der Waals surface area contributed by atoms with Crippen molar-refractivity contribution >= 4 is 35.0 Å². The molecular weight excluding hydrogens is 602 g/mol. The van der Waals surface area contributed by atoms with Gasteiger partial charge in [-0.3, -0.25) is 0 Å². The van der Waals surface area contributed by atoms with Crippen LogP contribution in [0.4, 0.5) is 5.69 Å². The largest absolute Gasteiger partial charge is 0.452 e. The van der Waals surface area contributed by atoms with Crippen LogP contribution in [0, 0.1) is 0 Å². The van der Waals surface area contributed by atoms with Crippen LogP contribution in [0.5, 0.6) is 0 Å². The molecule has 0 bridgehead atoms. The van der Waals surface area contributed by atoms with Crippen LogP contribution in [0.25, 0.3) is 10.4 Å². The van der Waals surface area contributed by atoms with Gasteiger partial charge in [-0.2, -0.15) is 0 Å². The lowest BCUT2D eigenvalue weighted by molar-refractivity contribution is -0.239. The van der Waals surface area contributed by atoms with Gasteiger partial charge in [0, 0.05) is 9.81 Å². The minimum atomic E-state index is -0.936. The van der Waals surface area contributed by atoms with Crippen molar-refractivity contribution in [1.29, 1.82) is 0 Å². The van der Waals surface area contributed by atoms with Crippen molar-refractivity contribution in [3.8, 4) is 0 Å². The summed E-state index contributed by atoms with van der Waals surface area (Å²) < 4.78 is 25.4. The Morgan fingerprint density at radius 1 is 0.864 bits per heavy atom. The van der Waals surface area contributed by atoms with Gasteiger partial charge in [0.2, 0.25) is 0 Å². The molecule has 1 fully saturated rings. The van der Waals surface area contributed by atoms with E-state index in [4.69, 9.17) is 36.1 Å². The van der Waals surface area contributed by atoms with Crippen LogP contribution >= 0.6 is 23.4 Å². The molecule has 4 aromatic carbocycles. The maximum atomic E-state index is 13.4. The van der Waals surface area contributed by atoms with Crippen LogP contribution in [0.15, 0.2) is 119 Å². The molecule has 5 rings (SSSR count). The molecule has 226 valence electrons.